The van der Waals surface area contributed by atoms with Gasteiger partial charge in [-0.15, -0.1) is 0 Å². The third-order valence-corrected chi connectivity index (χ3v) is 2.99. The molecule has 0 aliphatic carbocycles. The second-order valence-corrected chi connectivity index (χ2v) is 5.00. The Hall–Kier alpha value is -0.260. The van der Waals surface area contributed by atoms with E-state index in [2.05, 4.69) is 26.2 Å². The summed E-state index contributed by atoms with van der Waals surface area (Å²) in [6.07, 6.45) is 3.54. The van der Waals surface area contributed by atoms with E-state index < -0.39 is 0 Å². The molecular formula is C9H10BrClN2OS. The Morgan fingerprint density at radius 2 is 2.47 bits per heavy atom. The van der Waals surface area contributed by atoms with Crippen LogP contribution < -0.4 is 5.32 Å². The Labute approximate surface area is 106 Å². The molecule has 0 bridgehead atoms. The van der Waals surface area contributed by atoms with Crippen molar-refractivity contribution < 1.29 is 4.79 Å². The van der Waals surface area contributed by atoms with E-state index in [1.165, 1.54) is 0 Å². The molecule has 0 saturated carbocycles. The van der Waals surface area contributed by atoms with Gasteiger partial charge < -0.3 is 5.32 Å². The summed E-state index contributed by atoms with van der Waals surface area (Å²) >= 11 is 10.7. The summed E-state index contributed by atoms with van der Waals surface area (Å²) in [5, 5.41) is 2.98. The maximum atomic E-state index is 11.6. The van der Waals surface area contributed by atoms with E-state index >= 15 is 0 Å². The average Bonchev–Trinajstić information content (AvgIpc) is 2.22. The van der Waals surface area contributed by atoms with Gasteiger partial charge in [0.2, 0.25) is 0 Å². The quantitative estimate of drug-likeness (QED) is 0.686. The van der Waals surface area contributed by atoms with Crippen molar-refractivity contribution in [3.8, 4) is 0 Å². The van der Waals surface area contributed by atoms with Gasteiger partial charge in [-0.25, -0.2) is 4.98 Å². The van der Waals surface area contributed by atoms with Crippen molar-refractivity contribution >= 4 is 45.2 Å². The van der Waals surface area contributed by atoms with E-state index in [-0.39, 0.29) is 11.1 Å². The van der Waals surface area contributed by atoms with Crippen LogP contribution in [0.5, 0.6) is 0 Å². The maximum Gasteiger partial charge on any atom is 0.254 e. The van der Waals surface area contributed by atoms with Crippen molar-refractivity contribution in [1.29, 1.82) is 0 Å². The molecule has 0 aliphatic rings. The van der Waals surface area contributed by atoms with Crippen molar-refractivity contribution in [3.05, 3.63) is 27.5 Å². The zero-order valence-electron chi connectivity index (χ0n) is 8.09. The second-order valence-electron chi connectivity index (χ2n) is 2.74. The van der Waals surface area contributed by atoms with Crippen LogP contribution in [0.4, 0.5) is 0 Å². The Balaban J connectivity index is 2.68. The van der Waals surface area contributed by atoms with Crippen molar-refractivity contribution in [2.24, 2.45) is 0 Å². The topological polar surface area (TPSA) is 42.0 Å². The zero-order chi connectivity index (χ0) is 11.3. The van der Waals surface area contributed by atoms with Crippen LogP contribution in [0, 0.1) is 0 Å². The molecule has 0 atom stereocenters. The molecule has 0 unspecified atom stereocenters. The first-order chi connectivity index (χ1) is 7.15. The summed E-state index contributed by atoms with van der Waals surface area (Å²) in [5.74, 6) is 0.688. The maximum absolute atomic E-state index is 11.6. The van der Waals surface area contributed by atoms with Gasteiger partial charge in [-0.05, 0) is 28.3 Å². The Morgan fingerprint density at radius 3 is 3.13 bits per heavy atom. The largest absolute Gasteiger partial charge is 0.351 e. The minimum atomic E-state index is -0.192. The number of carbonyl (C=O) groups excluding carboxylic acids is 1. The highest BCUT2D eigenvalue weighted by atomic mass is 79.9. The molecule has 1 aromatic rings. The first-order valence-electron chi connectivity index (χ1n) is 4.23. The van der Waals surface area contributed by atoms with Crippen molar-refractivity contribution in [2.75, 3.05) is 18.6 Å². The number of aromatic nitrogens is 1. The number of hydrogen-bond donors (Lipinski definition) is 1. The lowest BCUT2D eigenvalue weighted by molar-refractivity contribution is 0.0956. The summed E-state index contributed by atoms with van der Waals surface area (Å²) in [5.41, 5.74) is 0.396. The number of thioether (sulfide) groups is 1. The van der Waals surface area contributed by atoms with Gasteiger partial charge in [0.05, 0.1) is 5.56 Å². The number of nitrogens with one attached hydrogen (secondary N) is 1. The second kappa shape index (κ2) is 6.35. The molecule has 0 aromatic carbocycles. The molecule has 1 aromatic heterocycles. The monoisotopic (exact) mass is 308 g/mol. The molecule has 0 spiro atoms. The van der Waals surface area contributed by atoms with Gasteiger partial charge in [0.15, 0.2) is 0 Å². The lowest BCUT2D eigenvalue weighted by Gasteiger charge is -2.05. The summed E-state index contributed by atoms with van der Waals surface area (Å²) < 4.78 is 0.738. The number of nitrogens with zero attached hydrogens (tertiary/aromatic N) is 1. The van der Waals surface area contributed by atoms with Crippen LogP contribution in [-0.4, -0.2) is 29.4 Å². The summed E-state index contributed by atoms with van der Waals surface area (Å²) in [4.78, 5) is 15.5. The predicted molar refractivity (Wildman–Crippen MR) is 67.7 cm³/mol. The third kappa shape index (κ3) is 4.01. The highest BCUT2D eigenvalue weighted by Crippen LogP contribution is 2.17. The molecular weight excluding hydrogens is 300 g/mol. The van der Waals surface area contributed by atoms with Crippen LogP contribution in [-0.2, 0) is 0 Å². The van der Waals surface area contributed by atoms with Crippen LogP contribution in [0.3, 0.4) is 0 Å². The Bertz CT molecular complexity index is 362. The van der Waals surface area contributed by atoms with Crippen LogP contribution in [0.15, 0.2) is 16.7 Å². The van der Waals surface area contributed by atoms with Gasteiger partial charge in [-0.1, -0.05) is 11.6 Å². The minimum Gasteiger partial charge on any atom is -0.351 e. The molecule has 82 valence electrons. The third-order valence-electron chi connectivity index (χ3n) is 1.64. The molecule has 3 nitrogen and oxygen atoms in total. The van der Waals surface area contributed by atoms with E-state index in [1.807, 2.05) is 6.26 Å². The number of carbonyl (C=O) groups is 1. The number of halogens is 2. The molecule has 0 saturated heterocycles. The number of rotatable bonds is 4. The molecule has 1 amide bonds. The lowest BCUT2D eigenvalue weighted by Crippen LogP contribution is -2.26. The molecule has 0 fully saturated rings. The van der Waals surface area contributed by atoms with Crippen LogP contribution in [0.25, 0.3) is 0 Å². The van der Waals surface area contributed by atoms with Gasteiger partial charge >= 0.3 is 0 Å². The molecule has 6 heteroatoms. The Kier molecular flexibility index (Phi) is 5.42. The van der Waals surface area contributed by atoms with Gasteiger partial charge in [-0.3, -0.25) is 4.79 Å². The highest BCUT2D eigenvalue weighted by Gasteiger charge is 2.10. The SMILES string of the molecule is CSCCNC(=O)c1cc(Br)cnc1Cl. The normalized spacial score (nSPS) is 10.1. The molecule has 0 radical (unpaired) electrons. The molecule has 0 aliphatic heterocycles. The first-order valence-corrected chi connectivity index (χ1v) is 6.80. The summed E-state index contributed by atoms with van der Waals surface area (Å²) in [7, 11) is 0. The predicted octanol–water partition coefficient (Wildman–Crippen LogP) is 2.59. The fraction of sp³-hybridized carbons (Fsp3) is 0.333. The molecule has 1 N–H and O–H groups in total. The molecule has 15 heavy (non-hydrogen) atoms. The first kappa shape index (κ1) is 12.8. The highest BCUT2D eigenvalue weighted by molar-refractivity contribution is 9.10. The fourth-order valence-electron chi connectivity index (χ4n) is 0.944. The smallest absolute Gasteiger partial charge is 0.254 e. The van der Waals surface area contributed by atoms with Gasteiger partial charge in [0, 0.05) is 23.0 Å². The number of pyridine rings is 1. The minimum absolute atomic E-state index is 0.192. The zero-order valence-corrected chi connectivity index (χ0v) is 11.2. The van der Waals surface area contributed by atoms with Crippen LogP contribution in [0.2, 0.25) is 5.15 Å². The molecule has 1 heterocycles. The summed E-state index contributed by atoms with van der Waals surface area (Å²) in [6.45, 7) is 0.628. The van der Waals surface area contributed by atoms with Crippen LogP contribution in [0.1, 0.15) is 10.4 Å². The van der Waals surface area contributed by atoms with E-state index in [4.69, 9.17) is 11.6 Å². The van der Waals surface area contributed by atoms with E-state index in [9.17, 15) is 4.79 Å². The van der Waals surface area contributed by atoms with Crippen LogP contribution >= 0.6 is 39.3 Å². The number of amides is 1. The average molecular weight is 310 g/mol. The fourth-order valence-corrected chi connectivity index (χ4v) is 1.77. The van der Waals surface area contributed by atoms with Gasteiger partial charge in [0.25, 0.3) is 5.91 Å². The van der Waals surface area contributed by atoms with Crippen molar-refractivity contribution in [1.82, 2.24) is 10.3 Å². The van der Waals surface area contributed by atoms with Crippen molar-refractivity contribution in [2.45, 2.75) is 0 Å². The van der Waals surface area contributed by atoms with Gasteiger partial charge in [-0.2, -0.15) is 11.8 Å². The Morgan fingerprint density at radius 1 is 1.73 bits per heavy atom. The van der Waals surface area contributed by atoms with E-state index in [0.29, 0.717) is 12.1 Å². The standard InChI is InChI=1S/C9H10BrClN2OS/c1-15-3-2-12-9(14)7-4-6(10)5-13-8(7)11/h4-5H,2-3H2,1H3,(H,12,14). The number of hydrogen-bond acceptors (Lipinski definition) is 3. The summed E-state index contributed by atoms with van der Waals surface area (Å²) in [6, 6.07) is 1.66. The van der Waals surface area contributed by atoms with E-state index in [1.54, 1.807) is 24.0 Å². The van der Waals surface area contributed by atoms with Gasteiger partial charge in [0.1, 0.15) is 5.15 Å². The lowest BCUT2D eigenvalue weighted by atomic mass is 10.3. The van der Waals surface area contributed by atoms with Crippen molar-refractivity contribution in [3.63, 3.8) is 0 Å². The van der Waals surface area contributed by atoms with E-state index in [0.717, 1.165) is 10.2 Å². The molecule has 1 rings (SSSR count).